The first-order valence-corrected chi connectivity index (χ1v) is 12.2. The number of ether oxygens (including phenoxy) is 1. The van der Waals surface area contributed by atoms with Gasteiger partial charge in [0.1, 0.15) is 5.75 Å². The molecule has 0 unspecified atom stereocenters. The van der Waals surface area contributed by atoms with E-state index in [-0.39, 0.29) is 6.04 Å². The van der Waals surface area contributed by atoms with Crippen LogP contribution in [0.15, 0.2) is 77.9 Å². The molecular weight excluding hydrogens is 430 g/mol. The van der Waals surface area contributed by atoms with E-state index in [1.807, 2.05) is 12.1 Å². The summed E-state index contributed by atoms with van der Waals surface area (Å²) < 4.78 is 6.76. The highest BCUT2D eigenvalue weighted by Crippen LogP contribution is 2.50. The molecule has 1 spiro atoms. The minimum Gasteiger partial charge on any atom is -0.466 e. The zero-order chi connectivity index (χ0) is 22.4. The van der Waals surface area contributed by atoms with Crippen molar-refractivity contribution < 1.29 is 4.74 Å². The first kappa shape index (κ1) is 20.8. The second kappa shape index (κ2) is 8.19. The molecule has 1 saturated heterocycles. The van der Waals surface area contributed by atoms with E-state index in [0.29, 0.717) is 0 Å². The van der Waals surface area contributed by atoms with E-state index < -0.39 is 5.72 Å². The number of hydrogen-bond acceptors (Lipinski definition) is 4. The largest absolute Gasteiger partial charge is 0.466 e. The Kier molecular flexibility index (Phi) is 5.16. The number of piperidine rings is 1. The smallest absolute Gasteiger partial charge is 0.200 e. The van der Waals surface area contributed by atoms with Crippen molar-refractivity contribution in [3.8, 4) is 5.75 Å². The highest BCUT2D eigenvalue weighted by Gasteiger charge is 2.51. The first-order valence-electron chi connectivity index (χ1n) is 11.8. The van der Waals surface area contributed by atoms with E-state index in [4.69, 9.17) is 21.4 Å². The third-order valence-corrected chi connectivity index (χ3v) is 7.46. The van der Waals surface area contributed by atoms with Crippen molar-refractivity contribution in [2.75, 3.05) is 13.1 Å². The van der Waals surface area contributed by atoms with Crippen molar-refractivity contribution in [2.24, 2.45) is 5.10 Å². The van der Waals surface area contributed by atoms with Crippen molar-refractivity contribution in [3.63, 3.8) is 0 Å². The van der Waals surface area contributed by atoms with Gasteiger partial charge in [-0.15, -0.1) is 0 Å². The van der Waals surface area contributed by atoms with Crippen LogP contribution in [-0.2, 0) is 6.54 Å². The third-order valence-electron chi connectivity index (χ3n) is 7.23. The molecule has 0 radical (unpaired) electrons. The maximum Gasteiger partial charge on any atom is 0.200 e. The quantitative estimate of drug-likeness (QED) is 0.469. The maximum atomic E-state index is 6.76. The molecule has 0 aromatic heterocycles. The topological polar surface area (TPSA) is 28.1 Å². The van der Waals surface area contributed by atoms with Gasteiger partial charge in [0.25, 0.3) is 0 Å². The van der Waals surface area contributed by atoms with Gasteiger partial charge < -0.3 is 4.74 Å². The predicted octanol–water partition coefficient (Wildman–Crippen LogP) is 6.18. The van der Waals surface area contributed by atoms with Gasteiger partial charge in [-0.1, -0.05) is 71.8 Å². The van der Waals surface area contributed by atoms with Crippen LogP contribution < -0.4 is 4.74 Å². The molecular formula is C28H28ClN3O. The highest BCUT2D eigenvalue weighted by molar-refractivity contribution is 6.30. The van der Waals surface area contributed by atoms with Gasteiger partial charge in [-0.2, -0.15) is 5.10 Å². The monoisotopic (exact) mass is 457 g/mol. The summed E-state index contributed by atoms with van der Waals surface area (Å²) in [6.07, 6.45) is 2.71. The Bertz CT molecular complexity index is 1180. The van der Waals surface area contributed by atoms with Crippen LogP contribution >= 0.6 is 11.6 Å². The van der Waals surface area contributed by atoms with E-state index in [0.717, 1.165) is 60.9 Å². The van der Waals surface area contributed by atoms with Crippen LogP contribution in [0.4, 0.5) is 0 Å². The minimum atomic E-state index is -0.412. The van der Waals surface area contributed by atoms with Gasteiger partial charge in [-0.05, 0) is 36.2 Å². The summed E-state index contributed by atoms with van der Waals surface area (Å²) in [6, 6.07) is 25.6. The lowest BCUT2D eigenvalue weighted by Crippen LogP contribution is -2.59. The number of fused-ring (bicyclic) bond motifs is 4. The van der Waals surface area contributed by atoms with Crippen molar-refractivity contribution in [3.05, 3.63) is 100 Å². The van der Waals surface area contributed by atoms with Gasteiger partial charge >= 0.3 is 0 Å². The summed E-state index contributed by atoms with van der Waals surface area (Å²) in [5, 5.41) is 8.20. The van der Waals surface area contributed by atoms with Crippen LogP contribution in [0.1, 0.15) is 47.6 Å². The first-order chi connectivity index (χ1) is 16.1. The Hall–Kier alpha value is -2.82. The van der Waals surface area contributed by atoms with Gasteiger partial charge in [0.15, 0.2) is 0 Å². The molecule has 5 heteroatoms. The molecule has 168 valence electrons. The minimum absolute atomic E-state index is 0.157. The third kappa shape index (κ3) is 3.81. The second-order valence-electron chi connectivity index (χ2n) is 9.47. The zero-order valence-electron chi connectivity index (χ0n) is 18.9. The van der Waals surface area contributed by atoms with E-state index in [2.05, 4.69) is 77.5 Å². The van der Waals surface area contributed by atoms with Gasteiger partial charge in [-0.3, -0.25) is 4.90 Å². The molecule has 1 fully saturated rings. The molecule has 3 aromatic carbocycles. The number of halogens is 1. The van der Waals surface area contributed by atoms with E-state index in [1.165, 1.54) is 16.7 Å². The highest BCUT2D eigenvalue weighted by atomic mass is 35.5. The molecule has 0 N–H and O–H groups in total. The van der Waals surface area contributed by atoms with E-state index in [9.17, 15) is 0 Å². The normalized spacial score (nSPS) is 21.3. The van der Waals surface area contributed by atoms with Gasteiger partial charge in [0.05, 0.1) is 11.8 Å². The van der Waals surface area contributed by atoms with Crippen LogP contribution in [0.3, 0.4) is 0 Å². The van der Waals surface area contributed by atoms with Gasteiger partial charge in [0, 0.05) is 49.5 Å². The number of nitrogens with zero attached hydrogens (tertiary/aromatic N) is 3. The lowest BCUT2D eigenvalue weighted by molar-refractivity contribution is -0.150. The zero-order valence-corrected chi connectivity index (χ0v) is 19.6. The van der Waals surface area contributed by atoms with Crippen LogP contribution in [0, 0.1) is 6.92 Å². The summed E-state index contributed by atoms with van der Waals surface area (Å²) in [7, 11) is 0. The fraction of sp³-hybridized carbons (Fsp3) is 0.321. The van der Waals surface area contributed by atoms with Gasteiger partial charge in [0.2, 0.25) is 5.72 Å². The number of rotatable bonds is 3. The molecule has 3 aromatic rings. The molecule has 0 saturated carbocycles. The van der Waals surface area contributed by atoms with Crippen LogP contribution in [0.2, 0.25) is 5.02 Å². The lowest BCUT2D eigenvalue weighted by Gasteiger charge is -2.51. The Labute approximate surface area is 200 Å². The molecule has 1 atom stereocenters. The Morgan fingerprint density at radius 1 is 1.00 bits per heavy atom. The fourth-order valence-corrected chi connectivity index (χ4v) is 5.59. The molecule has 3 aliphatic heterocycles. The number of benzene rings is 3. The van der Waals surface area contributed by atoms with Crippen molar-refractivity contribution in [1.29, 1.82) is 0 Å². The van der Waals surface area contributed by atoms with Crippen molar-refractivity contribution in [2.45, 2.75) is 44.5 Å². The Morgan fingerprint density at radius 2 is 1.76 bits per heavy atom. The predicted molar refractivity (Wildman–Crippen MR) is 133 cm³/mol. The van der Waals surface area contributed by atoms with Crippen LogP contribution in [-0.4, -0.2) is 34.4 Å². The van der Waals surface area contributed by atoms with Crippen molar-refractivity contribution >= 4 is 17.3 Å². The molecule has 0 aliphatic carbocycles. The molecule has 3 aliphatic rings. The van der Waals surface area contributed by atoms with E-state index >= 15 is 0 Å². The number of aryl methyl sites for hydroxylation is 1. The van der Waals surface area contributed by atoms with Crippen molar-refractivity contribution in [1.82, 2.24) is 9.91 Å². The lowest BCUT2D eigenvalue weighted by atomic mass is 9.90. The molecule has 3 heterocycles. The van der Waals surface area contributed by atoms with Gasteiger partial charge in [-0.25, -0.2) is 5.01 Å². The molecule has 33 heavy (non-hydrogen) atoms. The summed E-state index contributed by atoms with van der Waals surface area (Å²) in [5.74, 6) is 0.956. The second-order valence-corrected chi connectivity index (χ2v) is 9.91. The van der Waals surface area contributed by atoms with E-state index in [1.54, 1.807) is 0 Å². The summed E-state index contributed by atoms with van der Waals surface area (Å²) in [6.45, 7) is 5.06. The molecule has 0 amide bonds. The summed E-state index contributed by atoms with van der Waals surface area (Å²) in [5.41, 5.74) is 5.67. The summed E-state index contributed by atoms with van der Waals surface area (Å²) >= 11 is 6.39. The SMILES string of the molecule is Cc1ccc(C2=NN3[C@@H](C2)c2cc(Cl)ccc2OC32CCN(Cc3ccccc3)CC2)cc1. The molecule has 4 nitrogen and oxygen atoms in total. The Morgan fingerprint density at radius 3 is 2.52 bits per heavy atom. The number of hydrogen-bond donors (Lipinski definition) is 0. The number of hydrazone groups is 1. The Balaban J connectivity index is 1.31. The average molecular weight is 458 g/mol. The average Bonchev–Trinajstić information content (AvgIpc) is 3.29. The van der Waals surface area contributed by atoms with Crippen LogP contribution in [0.25, 0.3) is 0 Å². The maximum absolute atomic E-state index is 6.76. The summed E-state index contributed by atoms with van der Waals surface area (Å²) in [4.78, 5) is 2.52. The number of likely N-dealkylation sites (tertiary alicyclic amines) is 1. The standard InChI is InChI=1S/C28H28ClN3O/c1-20-7-9-22(10-8-20)25-18-26-24-17-23(29)11-12-27(24)33-28(32(26)30-25)13-15-31(16-14-28)19-21-5-3-2-4-6-21/h2-12,17,26H,13-16,18-19H2,1H3/t26-/m0/s1. The molecule has 0 bridgehead atoms. The molecule has 6 rings (SSSR count). The fourth-order valence-electron chi connectivity index (χ4n) is 5.41. The van der Waals surface area contributed by atoms with Crippen LogP contribution in [0.5, 0.6) is 5.75 Å².